The third kappa shape index (κ3) is 2.90. The fraction of sp³-hybridized carbons (Fsp3) is 0.429. The summed E-state index contributed by atoms with van der Waals surface area (Å²) in [7, 11) is -3.57. The molecule has 2 heterocycles. The van der Waals surface area contributed by atoms with Crippen LogP contribution in [0.5, 0.6) is 0 Å². The maximum Gasteiger partial charge on any atom is 0.241 e. The molecule has 0 unspecified atom stereocenters. The molecule has 0 bridgehead atoms. The number of hydrogen-bond acceptors (Lipinski definition) is 5. The molecular weight excluding hydrogens is 302 g/mol. The zero-order chi connectivity index (χ0) is 15.7. The van der Waals surface area contributed by atoms with Gasteiger partial charge in [0.2, 0.25) is 10.0 Å². The van der Waals surface area contributed by atoms with Gasteiger partial charge in [0.15, 0.2) is 0 Å². The fourth-order valence-corrected chi connectivity index (χ4v) is 4.32. The first-order chi connectivity index (χ1) is 10.5. The topological polar surface area (TPSA) is 88.9 Å². The summed E-state index contributed by atoms with van der Waals surface area (Å²) in [6.07, 6.45) is 3.34. The molecule has 1 aromatic carbocycles. The number of nitrogens with zero attached hydrogens (tertiary/aromatic N) is 3. The van der Waals surface area contributed by atoms with Crippen LogP contribution in [0.1, 0.15) is 17.2 Å². The second-order valence-electron chi connectivity index (χ2n) is 5.61. The lowest BCUT2D eigenvalue weighted by atomic mass is 10.2. The molecule has 2 aromatic rings. The fourth-order valence-electron chi connectivity index (χ4n) is 2.82. The summed E-state index contributed by atoms with van der Waals surface area (Å²) in [4.78, 5) is 0.322. The van der Waals surface area contributed by atoms with E-state index in [0.717, 1.165) is 11.1 Å². The lowest BCUT2D eigenvalue weighted by Crippen LogP contribution is -2.41. The summed E-state index contributed by atoms with van der Waals surface area (Å²) in [5.74, 6) is 0. The molecule has 3 rings (SSSR count). The third-order valence-corrected chi connectivity index (χ3v) is 5.54. The smallest absolute Gasteiger partial charge is 0.241 e. The van der Waals surface area contributed by atoms with Gasteiger partial charge in [-0.05, 0) is 25.5 Å². The summed E-state index contributed by atoms with van der Waals surface area (Å²) in [6.45, 7) is 4.97. The Morgan fingerprint density at radius 3 is 2.82 bits per heavy atom. The molecule has 8 heteroatoms. The van der Waals surface area contributed by atoms with Crippen LogP contribution in [0.4, 0.5) is 0 Å². The molecule has 0 amide bonds. The van der Waals surface area contributed by atoms with Crippen LogP contribution >= 0.6 is 0 Å². The van der Waals surface area contributed by atoms with Crippen LogP contribution in [0.25, 0.3) is 0 Å². The average molecular weight is 321 g/mol. The van der Waals surface area contributed by atoms with Gasteiger partial charge in [0.25, 0.3) is 0 Å². The second kappa shape index (κ2) is 5.79. The van der Waals surface area contributed by atoms with Crippen LogP contribution in [-0.2, 0) is 10.0 Å². The highest BCUT2D eigenvalue weighted by Crippen LogP contribution is 2.20. The van der Waals surface area contributed by atoms with E-state index >= 15 is 0 Å². The molecule has 1 aliphatic heterocycles. The molecule has 1 aliphatic rings. The van der Waals surface area contributed by atoms with E-state index in [-0.39, 0.29) is 12.1 Å². The van der Waals surface area contributed by atoms with E-state index in [4.69, 9.17) is 0 Å². The van der Waals surface area contributed by atoms with Crippen LogP contribution in [0.15, 0.2) is 35.5 Å². The third-order valence-electron chi connectivity index (χ3n) is 3.89. The van der Waals surface area contributed by atoms with E-state index in [9.17, 15) is 8.42 Å². The Labute approximate surface area is 129 Å². The number of aromatic nitrogens is 3. The summed E-state index contributed by atoms with van der Waals surface area (Å²) >= 11 is 0. The molecule has 22 heavy (non-hydrogen) atoms. The molecule has 7 nitrogen and oxygen atoms in total. The van der Waals surface area contributed by atoms with Crippen LogP contribution in [0.3, 0.4) is 0 Å². The van der Waals surface area contributed by atoms with E-state index in [0.29, 0.717) is 18.0 Å². The molecule has 0 saturated carbocycles. The maximum atomic E-state index is 12.7. The van der Waals surface area contributed by atoms with Crippen molar-refractivity contribution in [2.24, 2.45) is 0 Å². The van der Waals surface area contributed by atoms with Gasteiger partial charge in [0, 0.05) is 19.3 Å². The highest BCUT2D eigenvalue weighted by molar-refractivity contribution is 7.89. The van der Waals surface area contributed by atoms with Crippen molar-refractivity contribution in [2.75, 3.05) is 13.1 Å². The first kappa shape index (κ1) is 15.1. The highest BCUT2D eigenvalue weighted by Gasteiger charge is 2.33. The Balaban J connectivity index is 1.85. The second-order valence-corrected chi connectivity index (χ2v) is 7.29. The quantitative estimate of drug-likeness (QED) is 0.850. The van der Waals surface area contributed by atoms with Crippen LogP contribution in [0, 0.1) is 13.8 Å². The predicted molar refractivity (Wildman–Crippen MR) is 82.0 cm³/mol. The molecule has 1 saturated heterocycles. The number of rotatable bonds is 4. The zero-order valence-corrected chi connectivity index (χ0v) is 13.3. The average Bonchev–Trinajstić information content (AvgIpc) is 3.07. The Bertz CT molecular complexity index is 758. The standard InChI is InChI=1S/C14H19N5O2S/c1-10-3-4-14(11(2)7-10)22(20,21)17-12-8-15-9-13(12)19-6-5-16-18-19/h3-7,12-13,15,17H,8-9H2,1-2H3/t12-,13+/m1/s1. The molecular formula is C14H19N5O2S. The van der Waals surface area contributed by atoms with Crippen LogP contribution in [0.2, 0.25) is 0 Å². The Morgan fingerprint density at radius 1 is 1.32 bits per heavy atom. The van der Waals surface area contributed by atoms with E-state index in [1.54, 1.807) is 23.1 Å². The lowest BCUT2D eigenvalue weighted by Gasteiger charge is -2.20. The van der Waals surface area contributed by atoms with Gasteiger partial charge in [-0.25, -0.2) is 17.8 Å². The van der Waals surface area contributed by atoms with E-state index in [1.807, 2.05) is 26.0 Å². The lowest BCUT2D eigenvalue weighted by molar-refractivity contribution is 0.413. The van der Waals surface area contributed by atoms with E-state index in [2.05, 4.69) is 20.4 Å². The summed E-state index contributed by atoms with van der Waals surface area (Å²) in [5, 5.41) is 11.0. The largest absolute Gasteiger partial charge is 0.313 e. The minimum atomic E-state index is -3.57. The Hall–Kier alpha value is -1.77. The van der Waals surface area contributed by atoms with Gasteiger partial charge < -0.3 is 5.32 Å². The number of hydrogen-bond donors (Lipinski definition) is 2. The molecule has 0 aliphatic carbocycles. The van der Waals surface area contributed by atoms with E-state index in [1.165, 1.54) is 0 Å². The zero-order valence-electron chi connectivity index (χ0n) is 12.5. The summed E-state index contributed by atoms with van der Waals surface area (Å²) in [5.41, 5.74) is 1.79. The maximum absolute atomic E-state index is 12.7. The number of sulfonamides is 1. The SMILES string of the molecule is Cc1ccc(S(=O)(=O)N[C@@H]2CNC[C@@H]2n2ccnn2)c(C)c1. The molecule has 1 aromatic heterocycles. The normalized spacial score (nSPS) is 22.1. The molecule has 0 spiro atoms. The van der Waals surface area contributed by atoms with Gasteiger partial charge in [0.1, 0.15) is 0 Å². The first-order valence-electron chi connectivity index (χ1n) is 7.13. The molecule has 2 N–H and O–H groups in total. The molecule has 118 valence electrons. The van der Waals surface area contributed by atoms with Crippen LogP contribution < -0.4 is 10.0 Å². The van der Waals surface area contributed by atoms with Crippen molar-refractivity contribution in [2.45, 2.75) is 30.8 Å². The monoisotopic (exact) mass is 321 g/mol. The summed E-state index contributed by atoms with van der Waals surface area (Å²) in [6, 6.07) is 5.00. The van der Waals surface area contributed by atoms with Crippen molar-refractivity contribution >= 4 is 10.0 Å². The van der Waals surface area contributed by atoms with Gasteiger partial charge in [-0.15, -0.1) is 5.10 Å². The van der Waals surface area contributed by atoms with Gasteiger partial charge in [0.05, 0.1) is 23.2 Å². The molecule has 1 fully saturated rings. The van der Waals surface area contributed by atoms with Gasteiger partial charge in [-0.1, -0.05) is 22.9 Å². The van der Waals surface area contributed by atoms with Crippen molar-refractivity contribution < 1.29 is 8.42 Å². The molecule has 0 radical (unpaired) electrons. The number of benzene rings is 1. The minimum Gasteiger partial charge on any atom is -0.313 e. The minimum absolute atomic E-state index is 0.0805. The summed E-state index contributed by atoms with van der Waals surface area (Å²) < 4.78 is 29.8. The number of nitrogens with one attached hydrogen (secondary N) is 2. The van der Waals surface area contributed by atoms with Crippen molar-refractivity contribution in [1.82, 2.24) is 25.0 Å². The predicted octanol–water partition coefficient (Wildman–Crippen LogP) is 0.386. The Morgan fingerprint density at radius 2 is 2.14 bits per heavy atom. The number of aryl methyl sites for hydroxylation is 2. The first-order valence-corrected chi connectivity index (χ1v) is 8.62. The van der Waals surface area contributed by atoms with Gasteiger partial charge >= 0.3 is 0 Å². The van der Waals surface area contributed by atoms with Gasteiger partial charge in [-0.2, -0.15) is 0 Å². The molecule has 2 atom stereocenters. The highest BCUT2D eigenvalue weighted by atomic mass is 32.2. The van der Waals surface area contributed by atoms with Crippen molar-refractivity contribution in [3.63, 3.8) is 0 Å². The van der Waals surface area contributed by atoms with Crippen molar-refractivity contribution in [3.05, 3.63) is 41.7 Å². The van der Waals surface area contributed by atoms with Crippen molar-refractivity contribution in [1.29, 1.82) is 0 Å². The Kier molecular flexibility index (Phi) is 3.98. The van der Waals surface area contributed by atoms with Crippen molar-refractivity contribution in [3.8, 4) is 0 Å². The van der Waals surface area contributed by atoms with Crippen LogP contribution in [-0.4, -0.2) is 42.5 Å². The van der Waals surface area contributed by atoms with E-state index < -0.39 is 10.0 Å². The van der Waals surface area contributed by atoms with Gasteiger partial charge in [-0.3, -0.25) is 0 Å².